The first-order valence-electron chi connectivity index (χ1n) is 4.87. The van der Waals surface area contributed by atoms with Gasteiger partial charge in [-0.2, -0.15) is 0 Å². The van der Waals surface area contributed by atoms with Crippen molar-refractivity contribution in [2.45, 2.75) is 19.4 Å². The van der Waals surface area contributed by atoms with Crippen LogP contribution < -0.4 is 5.32 Å². The highest BCUT2D eigenvalue weighted by Crippen LogP contribution is 2.28. The topological polar surface area (TPSA) is 29.1 Å². The van der Waals surface area contributed by atoms with Crippen LogP contribution in [0.4, 0.5) is 0 Å². The summed E-state index contributed by atoms with van der Waals surface area (Å²) >= 11 is 5.27. The van der Waals surface area contributed by atoms with Crippen molar-refractivity contribution in [1.29, 1.82) is 0 Å². The Hall–Kier alpha value is 0.290. The van der Waals surface area contributed by atoms with Crippen LogP contribution >= 0.6 is 27.3 Å². The molecule has 15 heavy (non-hydrogen) atoms. The molecule has 0 saturated heterocycles. The van der Waals surface area contributed by atoms with Gasteiger partial charge >= 0.3 is 0 Å². The van der Waals surface area contributed by atoms with E-state index in [0.717, 1.165) is 18.7 Å². The minimum atomic E-state index is -0.668. The average Bonchev–Trinajstić information content (AvgIpc) is 2.58. The largest absolute Gasteiger partial charge is 0.309 e. The van der Waals surface area contributed by atoms with Crippen molar-refractivity contribution in [3.05, 3.63) is 20.8 Å². The smallest absolute Gasteiger partial charge is 0.0397 e. The van der Waals surface area contributed by atoms with Gasteiger partial charge < -0.3 is 5.32 Å². The van der Waals surface area contributed by atoms with E-state index >= 15 is 0 Å². The van der Waals surface area contributed by atoms with Crippen molar-refractivity contribution >= 4 is 38.1 Å². The predicted octanol–water partition coefficient (Wildman–Crippen LogP) is 2.93. The van der Waals surface area contributed by atoms with E-state index in [4.69, 9.17) is 0 Å². The third-order valence-electron chi connectivity index (χ3n) is 2.10. The van der Waals surface area contributed by atoms with E-state index in [9.17, 15) is 4.21 Å². The normalized spacial score (nSPS) is 15.1. The van der Waals surface area contributed by atoms with Gasteiger partial charge in [0.05, 0.1) is 0 Å². The zero-order valence-corrected chi connectivity index (χ0v) is 12.2. The van der Waals surface area contributed by atoms with E-state index < -0.39 is 10.8 Å². The van der Waals surface area contributed by atoms with E-state index in [1.54, 1.807) is 17.6 Å². The van der Waals surface area contributed by atoms with Gasteiger partial charge in [0.1, 0.15) is 0 Å². The maximum absolute atomic E-state index is 10.8. The molecule has 0 spiro atoms. The molecule has 86 valence electrons. The average molecular weight is 310 g/mol. The summed E-state index contributed by atoms with van der Waals surface area (Å²) in [5.41, 5.74) is 0. The maximum atomic E-state index is 10.8. The minimum absolute atomic E-state index is 0.365. The molecule has 0 amide bonds. The molecular formula is C10H16BrNOS2. The number of halogens is 1. The molecule has 2 unspecified atom stereocenters. The number of rotatable bonds is 6. The molecule has 0 bridgehead atoms. The van der Waals surface area contributed by atoms with Gasteiger partial charge in [-0.3, -0.25) is 4.21 Å². The van der Waals surface area contributed by atoms with Crippen molar-refractivity contribution in [3.8, 4) is 0 Å². The van der Waals surface area contributed by atoms with Crippen LogP contribution in [0.5, 0.6) is 0 Å². The van der Waals surface area contributed by atoms with Gasteiger partial charge in [0.2, 0.25) is 0 Å². The first-order valence-corrected chi connectivity index (χ1v) is 8.27. The highest BCUT2D eigenvalue weighted by molar-refractivity contribution is 9.10. The number of hydrogen-bond donors (Lipinski definition) is 1. The Bertz CT molecular complexity index is 327. The summed E-state index contributed by atoms with van der Waals surface area (Å²) in [6.45, 7) is 3.07. The summed E-state index contributed by atoms with van der Waals surface area (Å²) in [5, 5.41) is 5.51. The third-order valence-corrected chi connectivity index (χ3v) is 5.01. The number of hydrogen-bond acceptors (Lipinski definition) is 3. The minimum Gasteiger partial charge on any atom is -0.309 e. The molecule has 2 nitrogen and oxygen atoms in total. The predicted molar refractivity (Wildman–Crippen MR) is 72.0 cm³/mol. The molecule has 0 fully saturated rings. The second-order valence-corrected chi connectivity index (χ2v) is 6.80. The highest BCUT2D eigenvalue weighted by Gasteiger charge is 2.09. The summed E-state index contributed by atoms with van der Waals surface area (Å²) < 4.78 is 12.0. The molecule has 0 aliphatic rings. The number of nitrogens with one attached hydrogen (secondary N) is 1. The van der Waals surface area contributed by atoms with E-state index in [1.807, 2.05) is 0 Å². The van der Waals surface area contributed by atoms with Crippen molar-refractivity contribution in [1.82, 2.24) is 5.32 Å². The molecule has 1 aromatic heterocycles. The van der Waals surface area contributed by atoms with Crippen LogP contribution in [0.15, 0.2) is 15.9 Å². The van der Waals surface area contributed by atoms with Crippen LogP contribution in [0.25, 0.3) is 0 Å². The Morgan fingerprint density at radius 2 is 2.40 bits per heavy atom. The molecule has 0 aliphatic carbocycles. The lowest BCUT2D eigenvalue weighted by molar-refractivity contribution is 0.576. The fourth-order valence-electron chi connectivity index (χ4n) is 1.30. The Morgan fingerprint density at radius 1 is 1.67 bits per heavy atom. The first-order chi connectivity index (χ1) is 7.11. The maximum Gasteiger partial charge on any atom is 0.0397 e. The van der Waals surface area contributed by atoms with E-state index in [1.165, 1.54) is 9.35 Å². The zero-order chi connectivity index (χ0) is 11.3. The summed E-state index contributed by atoms with van der Waals surface area (Å²) in [6.07, 6.45) is 2.72. The molecule has 0 saturated carbocycles. The molecule has 0 aromatic carbocycles. The standard InChI is InChI=1S/C10H16BrNOS2/c1-8(10-9(11)4-6-14-10)12-5-3-7-15(2)13/h4,6,8,12H,3,5,7H2,1-2H3. The van der Waals surface area contributed by atoms with Crippen LogP contribution in [-0.4, -0.2) is 22.8 Å². The van der Waals surface area contributed by atoms with Crippen LogP contribution in [0, 0.1) is 0 Å². The lowest BCUT2D eigenvalue weighted by Gasteiger charge is -2.12. The zero-order valence-electron chi connectivity index (χ0n) is 8.96. The van der Waals surface area contributed by atoms with Gasteiger partial charge in [0.25, 0.3) is 0 Å². The van der Waals surface area contributed by atoms with Crippen LogP contribution in [0.1, 0.15) is 24.3 Å². The lowest BCUT2D eigenvalue weighted by atomic mass is 10.2. The summed E-state index contributed by atoms with van der Waals surface area (Å²) in [4.78, 5) is 1.33. The van der Waals surface area contributed by atoms with E-state index in [0.29, 0.717) is 6.04 Å². The first kappa shape index (κ1) is 13.4. The molecule has 0 aliphatic heterocycles. The van der Waals surface area contributed by atoms with Crippen molar-refractivity contribution in [2.75, 3.05) is 18.6 Å². The van der Waals surface area contributed by atoms with Crippen LogP contribution in [-0.2, 0) is 10.8 Å². The molecule has 5 heteroatoms. The van der Waals surface area contributed by atoms with E-state index in [2.05, 4.69) is 39.6 Å². The third kappa shape index (κ3) is 4.76. The van der Waals surface area contributed by atoms with Crippen LogP contribution in [0.3, 0.4) is 0 Å². The van der Waals surface area contributed by atoms with Crippen LogP contribution in [0.2, 0.25) is 0 Å². The van der Waals surface area contributed by atoms with Crippen molar-refractivity contribution in [3.63, 3.8) is 0 Å². The van der Waals surface area contributed by atoms with Gasteiger partial charge in [0, 0.05) is 38.2 Å². The van der Waals surface area contributed by atoms with Gasteiger partial charge in [-0.1, -0.05) is 0 Å². The lowest BCUT2D eigenvalue weighted by Crippen LogP contribution is -2.20. The SMILES string of the molecule is CC(NCCCS(C)=O)c1sccc1Br. The quantitative estimate of drug-likeness (QED) is 0.819. The molecule has 1 heterocycles. The van der Waals surface area contributed by atoms with Gasteiger partial charge in [-0.15, -0.1) is 11.3 Å². The Morgan fingerprint density at radius 3 is 2.93 bits per heavy atom. The molecule has 2 atom stereocenters. The molecular weight excluding hydrogens is 294 g/mol. The molecule has 0 radical (unpaired) electrons. The highest BCUT2D eigenvalue weighted by atomic mass is 79.9. The molecule has 1 rings (SSSR count). The Kier molecular flexibility index (Phi) is 6.04. The summed E-state index contributed by atoms with van der Waals surface area (Å²) in [5.74, 6) is 0.783. The summed E-state index contributed by atoms with van der Waals surface area (Å²) in [7, 11) is -0.668. The van der Waals surface area contributed by atoms with Crippen molar-refractivity contribution in [2.24, 2.45) is 0 Å². The Balaban J connectivity index is 2.28. The Labute approximate surface area is 106 Å². The monoisotopic (exact) mass is 309 g/mol. The van der Waals surface area contributed by atoms with Gasteiger partial charge in [-0.25, -0.2) is 0 Å². The molecule has 1 N–H and O–H groups in total. The molecule has 1 aromatic rings. The number of thiophene rings is 1. The van der Waals surface area contributed by atoms with Gasteiger partial charge in [-0.05, 0) is 47.3 Å². The second kappa shape index (κ2) is 6.78. The summed E-state index contributed by atoms with van der Waals surface area (Å²) in [6, 6.07) is 2.43. The van der Waals surface area contributed by atoms with Gasteiger partial charge in [0.15, 0.2) is 0 Å². The second-order valence-electron chi connectivity index (χ2n) is 3.44. The van der Waals surface area contributed by atoms with E-state index in [-0.39, 0.29) is 0 Å². The fourth-order valence-corrected chi connectivity index (χ4v) is 3.60. The fraction of sp³-hybridized carbons (Fsp3) is 0.600. The van der Waals surface area contributed by atoms with Crippen molar-refractivity contribution < 1.29 is 4.21 Å².